The Labute approximate surface area is 338 Å². The number of fused-ring (bicyclic) bond motifs is 9. The van der Waals surface area contributed by atoms with Crippen molar-refractivity contribution in [2.24, 2.45) is 0 Å². The second kappa shape index (κ2) is 13.1. The second-order valence-electron chi connectivity index (χ2n) is 14.9. The van der Waals surface area contributed by atoms with Gasteiger partial charge in [0.25, 0.3) is 0 Å². The van der Waals surface area contributed by atoms with Gasteiger partial charge in [0, 0.05) is 75.5 Å². The second-order valence-corrected chi connectivity index (χ2v) is 15.9. The molecule has 12 rings (SSSR count). The molecule has 0 saturated heterocycles. The molecule has 58 heavy (non-hydrogen) atoms. The van der Waals surface area contributed by atoms with Crippen LogP contribution < -0.4 is 4.90 Å². The van der Waals surface area contributed by atoms with E-state index < -0.39 is 0 Å². The number of hydrogen-bond donors (Lipinski definition) is 0. The fourth-order valence-corrected chi connectivity index (χ4v) is 10.2. The Morgan fingerprint density at radius 2 is 1.02 bits per heavy atom. The number of aromatic nitrogens is 1. The maximum atomic E-state index is 6.53. The van der Waals surface area contributed by atoms with E-state index in [2.05, 4.69) is 204 Å². The van der Waals surface area contributed by atoms with Crippen LogP contribution in [0, 0.1) is 0 Å². The van der Waals surface area contributed by atoms with Crippen molar-refractivity contribution in [3.05, 3.63) is 206 Å². The summed E-state index contributed by atoms with van der Waals surface area (Å²) in [6, 6.07) is 74.4. The molecule has 272 valence electrons. The molecule has 3 heterocycles. The number of rotatable bonds is 6. The van der Waals surface area contributed by atoms with Crippen molar-refractivity contribution in [1.29, 1.82) is 0 Å². The van der Waals surface area contributed by atoms with Gasteiger partial charge in [0.1, 0.15) is 11.2 Å². The van der Waals surface area contributed by atoms with E-state index in [0.717, 1.165) is 55.8 Å². The molecule has 0 fully saturated rings. The normalized spacial score (nSPS) is 11.8. The molecule has 0 bridgehead atoms. The van der Waals surface area contributed by atoms with Crippen molar-refractivity contribution in [2.45, 2.75) is 0 Å². The molecule has 0 unspecified atom stereocenters. The van der Waals surface area contributed by atoms with Crippen molar-refractivity contribution in [3.63, 3.8) is 0 Å². The van der Waals surface area contributed by atoms with Crippen LogP contribution in [0.5, 0.6) is 0 Å². The van der Waals surface area contributed by atoms with Crippen LogP contribution >= 0.6 is 11.3 Å². The van der Waals surface area contributed by atoms with Crippen molar-refractivity contribution in [1.82, 2.24) is 4.57 Å². The van der Waals surface area contributed by atoms with Crippen molar-refractivity contribution in [3.8, 4) is 27.9 Å². The topological polar surface area (TPSA) is 21.3 Å². The zero-order valence-corrected chi connectivity index (χ0v) is 32.2. The van der Waals surface area contributed by atoms with Gasteiger partial charge in [-0.3, -0.25) is 0 Å². The lowest BCUT2D eigenvalue weighted by Gasteiger charge is -2.27. The molecule has 0 aliphatic heterocycles. The van der Waals surface area contributed by atoms with Gasteiger partial charge in [-0.25, -0.2) is 0 Å². The van der Waals surface area contributed by atoms with Gasteiger partial charge in [-0.1, -0.05) is 140 Å². The molecule has 12 aromatic rings. The van der Waals surface area contributed by atoms with E-state index in [0.29, 0.717) is 0 Å². The molecule has 9 aromatic carbocycles. The summed E-state index contributed by atoms with van der Waals surface area (Å²) in [5, 5.41) is 7.27. The molecule has 0 aliphatic rings. The molecule has 0 radical (unpaired) electrons. The maximum absolute atomic E-state index is 6.53. The van der Waals surface area contributed by atoms with Crippen LogP contribution in [-0.4, -0.2) is 4.57 Å². The summed E-state index contributed by atoms with van der Waals surface area (Å²) in [5.41, 5.74) is 13.2. The number of nitrogens with zero attached hydrogens (tertiary/aromatic N) is 2. The molecule has 4 heteroatoms. The highest BCUT2D eigenvalue weighted by Gasteiger charge is 2.22. The summed E-state index contributed by atoms with van der Waals surface area (Å²) in [7, 11) is 0. The number of furan rings is 1. The van der Waals surface area contributed by atoms with Gasteiger partial charge in [0.15, 0.2) is 0 Å². The number of anilines is 3. The SMILES string of the molecule is c1ccc(N(c2cccc(-c3cccc4c3oc3ccccc34)c2)c2cc(-c3ccccc3-n3c4ccccc4c4ccccc43)c3sc4ccccc4c3c2)cc1. The predicted molar refractivity (Wildman–Crippen MR) is 247 cm³/mol. The number of thiophene rings is 1. The largest absolute Gasteiger partial charge is 0.455 e. The molecule has 0 spiro atoms. The standard InChI is InChI=1S/C54H34N2OS/c1-2-17-36(18-3-1)55(37-19-14-16-35(32-37)39-25-15-26-45-43-23-7-12-30-51(43)57-53(39)45)38-33-46(54-47(34-38)44-24-8-13-31-52(44)58-54)42-22-6-11-29-50(42)56-48-27-9-4-20-40(48)41-21-5-10-28-49(41)56/h1-34H. The first-order valence-corrected chi connectivity index (χ1v) is 20.5. The first kappa shape index (κ1) is 32.8. The van der Waals surface area contributed by atoms with Gasteiger partial charge < -0.3 is 13.9 Å². The van der Waals surface area contributed by atoms with Crippen LogP contribution in [-0.2, 0) is 0 Å². The van der Waals surface area contributed by atoms with Gasteiger partial charge >= 0.3 is 0 Å². The molecule has 0 aliphatic carbocycles. The van der Waals surface area contributed by atoms with Crippen molar-refractivity contribution < 1.29 is 4.42 Å². The molecular weight excluding hydrogens is 725 g/mol. The quantitative estimate of drug-likeness (QED) is 0.168. The summed E-state index contributed by atoms with van der Waals surface area (Å²) < 4.78 is 11.5. The predicted octanol–water partition coefficient (Wildman–Crippen LogP) is 15.9. The smallest absolute Gasteiger partial charge is 0.143 e. The highest BCUT2D eigenvalue weighted by Crippen LogP contribution is 2.48. The Bertz CT molecular complexity index is 3480. The summed E-state index contributed by atoms with van der Waals surface area (Å²) in [6.45, 7) is 0. The lowest BCUT2D eigenvalue weighted by Crippen LogP contribution is -2.10. The summed E-state index contributed by atoms with van der Waals surface area (Å²) in [6.07, 6.45) is 0. The number of benzene rings is 9. The molecule has 0 atom stereocenters. The lowest BCUT2D eigenvalue weighted by molar-refractivity contribution is 0.670. The first-order valence-electron chi connectivity index (χ1n) is 19.7. The fraction of sp³-hybridized carbons (Fsp3) is 0. The van der Waals surface area contributed by atoms with E-state index >= 15 is 0 Å². The van der Waals surface area contributed by atoms with Gasteiger partial charge in [-0.15, -0.1) is 11.3 Å². The first-order chi connectivity index (χ1) is 28.8. The van der Waals surface area contributed by atoms with Crippen LogP contribution in [0.4, 0.5) is 17.1 Å². The molecule has 3 aromatic heterocycles. The van der Waals surface area contributed by atoms with Crippen LogP contribution in [0.3, 0.4) is 0 Å². The van der Waals surface area contributed by atoms with Gasteiger partial charge in [0.2, 0.25) is 0 Å². The minimum Gasteiger partial charge on any atom is -0.455 e. The summed E-state index contributed by atoms with van der Waals surface area (Å²) in [5.74, 6) is 0. The van der Waals surface area contributed by atoms with Crippen LogP contribution in [0.25, 0.3) is 91.9 Å². The summed E-state index contributed by atoms with van der Waals surface area (Å²) in [4.78, 5) is 2.40. The lowest BCUT2D eigenvalue weighted by atomic mass is 9.98. The van der Waals surface area contributed by atoms with Gasteiger partial charge in [-0.05, 0) is 72.3 Å². The highest BCUT2D eigenvalue weighted by molar-refractivity contribution is 7.26. The average molecular weight is 759 g/mol. The maximum Gasteiger partial charge on any atom is 0.143 e. The highest BCUT2D eigenvalue weighted by atomic mass is 32.1. The van der Waals surface area contributed by atoms with Crippen LogP contribution in [0.2, 0.25) is 0 Å². The Balaban J connectivity index is 1.12. The number of hydrogen-bond acceptors (Lipinski definition) is 3. The molecule has 0 N–H and O–H groups in total. The molecule has 3 nitrogen and oxygen atoms in total. The van der Waals surface area contributed by atoms with Crippen molar-refractivity contribution in [2.75, 3.05) is 4.90 Å². The van der Waals surface area contributed by atoms with E-state index in [4.69, 9.17) is 4.42 Å². The fourth-order valence-electron chi connectivity index (χ4n) is 9.03. The molecule has 0 saturated carbocycles. The zero-order chi connectivity index (χ0) is 38.2. The zero-order valence-electron chi connectivity index (χ0n) is 31.3. The minimum absolute atomic E-state index is 0.900. The Morgan fingerprint density at radius 1 is 0.397 bits per heavy atom. The molecule has 0 amide bonds. The van der Waals surface area contributed by atoms with E-state index in [1.54, 1.807) is 0 Å². The monoisotopic (exact) mass is 758 g/mol. The third kappa shape index (κ3) is 5.05. The van der Waals surface area contributed by atoms with Crippen LogP contribution in [0.1, 0.15) is 0 Å². The third-order valence-electron chi connectivity index (χ3n) is 11.6. The number of para-hydroxylation sites is 6. The Hall–Kier alpha value is -7.40. The summed E-state index contributed by atoms with van der Waals surface area (Å²) >= 11 is 1.87. The Morgan fingerprint density at radius 3 is 1.84 bits per heavy atom. The van der Waals surface area contributed by atoms with E-state index in [9.17, 15) is 0 Å². The van der Waals surface area contributed by atoms with E-state index in [-0.39, 0.29) is 0 Å². The minimum atomic E-state index is 0.900. The molecular formula is C54H34N2OS. The van der Waals surface area contributed by atoms with Crippen LogP contribution in [0.15, 0.2) is 211 Å². The van der Waals surface area contributed by atoms with Gasteiger partial charge in [-0.2, -0.15) is 0 Å². The Kier molecular flexibility index (Phi) is 7.40. The average Bonchev–Trinajstić information content (AvgIpc) is 3.97. The van der Waals surface area contributed by atoms with E-state index in [1.807, 2.05) is 23.5 Å². The van der Waals surface area contributed by atoms with Gasteiger partial charge in [0.05, 0.1) is 16.7 Å². The van der Waals surface area contributed by atoms with E-state index in [1.165, 1.54) is 53.1 Å². The van der Waals surface area contributed by atoms with Crippen molar-refractivity contribution >= 4 is 92.3 Å². The third-order valence-corrected chi connectivity index (χ3v) is 12.8.